The number of carbonyl (C=O) groups is 1. The van der Waals surface area contributed by atoms with Gasteiger partial charge in [-0.3, -0.25) is 4.79 Å². The minimum Gasteiger partial charge on any atom is -0.497 e. The molecule has 0 N–H and O–H groups in total. The first-order valence-electron chi connectivity index (χ1n) is 6.31. The maximum Gasteiger partial charge on any atom is 0.150 e. The van der Waals surface area contributed by atoms with Gasteiger partial charge in [0.15, 0.2) is 6.29 Å². The highest BCUT2D eigenvalue weighted by Gasteiger charge is 2.09. The van der Waals surface area contributed by atoms with Gasteiger partial charge in [0.05, 0.1) is 18.2 Å². The highest BCUT2D eigenvalue weighted by Crippen LogP contribution is 2.33. The van der Waals surface area contributed by atoms with Crippen molar-refractivity contribution < 1.29 is 14.3 Å². The third-order valence-electron chi connectivity index (χ3n) is 2.97. The average Bonchev–Trinajstić information content (AvgIpc) is 2.53. The molecule has 0 saturated heterocycles. The van der Waals surface area contributed by atoms with Gasteiger partial charge in [-0.1, -0.05) is 22.0 Å². The predicted molar refractivity (Wildman–Crippen MR) is 90.8 cm³/mol. The van der Waals surface area contributed by atoms with E-state index in [1.165, 1.54) is 0 Å². The van der Waals surface area contributed by atoms with Crippen LogP contribution in [-0.2, 0) is 0 Å². The molecule has 21 heavy (non-hydrogen) atoms. The zero-order valence-electron chi connectivity index (χ0n) is 11.4. The summed E-state index contributed by atoms with van der Waals surface area (Å²) in [5, 5.41) is 0.770. The Morgan fingerprint density at radius 2 is 2.00 bits per heavy atom. The maximum atomic E-state index is 11.2. The van der Waals surface area contributed by atoms with Crippen LogP contribution in [-0.4, -0.2) is 25.3 Å². The standard InChI is InChI=1S/C16H14Br2O3/c1-20-13-4-2-12(10-19)14(9-13)11-3-5-16(15(18)8-11)21-7-6-17/h2-5,8-10H,6-7H2,1H3. The Balaban J connectivity index is 2.42. The summed E-state index contributed by atoms with van der Waals surface area (Å²) in [7, 11) is 1.60. The second kappa shape index (κ2) is 7.61. The van der Waals surface area contributed by atoms with Crippen LogP contribution in [0.25, 0.3) is 11.1 Å². The van der Waals surface area contributed by atoms with Crippen LogP contribution in [0.2, 0.25) is 0 Å². The largest absolute Gasteiger partial charge is 0.497 e. The van der Waals surface area contributed by atoms with Crippen LogP contribution >= 0.6 is 31.9 Å². The summed E-state index contributed by atoms with van der Waals surface area (Å²) >= 11 is 6.82. The van der Waals surface area contributed by atoms with Gasteiger partial charge >= 0.3 is 0 Å². The van der Waals surface area contributed by atoms with Crippen LogP contribution in [0.3, 0.4) is 0 Å². The van der Waals surface area contributed by atoms with Crippen molar-refractivity contribution in [2.24, 2.45) is 0 Å². The molecule has 3 nitrogen and oxygen atoms in total. The molecule has 5 heteroatoms. The summed E-state index contributed by atoms with van der Waals surface area (Å²) in [6, 6.07) is 11.1. The Morgan fingerprint density at radius 1 is 1.19 bits per heavy atom. The Hall–Kier alpha value is -1.33. The summed E-state index contributed by atoms with van der Waals surface area (Å²) in [5.74, 6) is 1.49. The highest BCUT2D eigenvalue weighted by atomic mass is 79.9. The van der Waals surface area contributed by atoms with E-state index in [0.717, 1.165) is 33.0 Å². The number of ether oxygens (including phenoxy) is 2. The number of hydrogen-bond acceptors (Lipinski definition) is 3. The monoisotopic (exact) mass is 412 g/mol. The van der Waals surface area contributed by atoms with Gasteiger partial charge in [0.2, 0.25) is 0 Å². The highest BCUT2D eigenvalue weighted by molar-refractivity contribution is 9.10. The molecule has 2 rings (SSSR count). The predicted octanol–water partition coefficient (Wildman–Crippen LogP) is 4.71. The molecule has 0 bridgehead atoms. The van der Waals surface area contributed by atoms with E-state index in [4.69, 9.17) is 9.47 Å². The zero-order valence-corrected chi connectivity index (χ0v) is 14.6. The molecule has 0 saturated carbocycles. The van der Waals surface area contributed by atoms with Gasteiger partial charge < -0.3 is 9.47 Å². The van der Waals surface area contributed by atoms with Crippen LogP contribution in [0.15, 0.2) is 40.9 Å². The SMILES string of the molecule is COc1ccc(C=O)c(-c2ccc(OCCBr)c(Br)c2)c1. The van der Waals surface area contributed by atoms with Crippen LogP contribution in [0.4, 0.5) is 0 Å². The molecule has 0 aliphatic heterocycles. The van der Waals surface area contributed by atoms with Gasteiger partial charge in [-0.2, -0.15) is 0 Å². The molecule has 0 radical (unpaired) electrons. The number of carbonyl (C=O) groups excluding carboxylic acids is 1. The van der Waals surface area contributed by atoms with Gasteiger partial charge in [-0.05, 0) is 57.4 Å². The number of aldehydes is 1. The minimum absolute atomic E-state index is 0.594. The molecule has 0 unspecified atom stereocenters. The summed E-state index contributed by atoms with van der Waals surface area (Å²) in [5.41, 5.74) is 2.38. The Labute approximate surface area is 140 Å². The molecule has 2 aromatic rings. The summed E-state index contributed by atoms with van der Waals surface area (Å²) in [4.78, 5) is 11.2. The molecule has 0 amide bonds. The molecule has 2 aromatic carbocycles. The molecule has 0 fully saturated rings. The van der Waals surface area contributed by atoms with E-state index >= 15 is 0 Å². The van der Waals surface area contributed by atoms with Crippen LogP contribution in [0, 0.1) is 0 Å². The first-order chi connectivity index (χ1) is 10.2. The fourth-order valence-corrected chi connectivity index (χ4v) is 2.60. The fourth-order valence-electron chi connectivity index (χ4n) is 1.95. The number of alkyl halides is 1. The van der Waals surface area contributed by atoms with Gasteiger partial charge in [-0.25, -0.2) is 0 Å². The van der Waals surface area contributed by atoms with E-state index in [9.17, 15) is 4.79 Å². The van der Waals surface area contributed by atoms with Crippen molar-refractivity contribution in [2.45, 2.75) is 0 Å². The third kappa shape index (κ3) is 3.86. The fraction of sp³-hybridized carbons (Fsp3) is 0.188. The quantitative estimate of drug-likeness (QED) is 0.508. The van der Waals surface area contributed by atoms with E-state index in [0.29, 0.717) is 17.9 Å². The van der Waals surface area contributed by atoms with Crippen LogP contribution in [0.5, 0.6) is 11.5 Å². The number of methoxy groups -OCH3 is 1. The lowest BCUT2D eigenvalue weighted by atomic mass is 10.00. The van der Waals surface area contributed by atoms with E-state index in [1.807, 2.05) is 24.3 Å². The minimum atomic E-state index is 0.594. The third-order valence-corrected chi connectivity index (χ3v) is 3.91. The van der Waals surface area contributed by atoms with E-state index in [2.05, 4.69) is 31.9 Å². The van der Waals surface area contributed by atoms with Gasteiger partial charge in [0.1, 0.15) is 11.5 Å². The van der Waals surface area contributed by atoms with Gasteiger partial charge in [0, 0.05) is 10.9 Å². The number of benzene rings is 2. The topological polar surface area (TPSA) is 35.5 Å². The first-order valence-corrected chi connectivity index (χ1v) is 8.23. The molecular weight excluding hydrogens is 400 g/mol. The molecule has 0 aliphatic carbocycles. The number of rotatable bonds is 6. The molecule has 0 aromatic heterocycles. The molecular formula is C16H14Br2O3. The Morgan fingerprint density at radius 3 is 2.62 bits per heavy atom. The van der Waals surface area contributed by atoms with Crippen molar-refractivity contribution in [1.29, 1.82) is 0 Å². The molecule has 0 spiro atoms. The second-order valence-electron chi connectivity index (χ2n) is 4.25. The van der Waals surface area contributed by atoms with E-state index in [-0.39, 0.29) is 0 Å². The van der Waals surface area contributed by atoms with E-state index < -0.39 is 0 Å². The summed E-state index contributed by atoms with van der Waals surface area (Å²) in [6.45, 7) is 0.594. The maximum absolute atomic E-state index is 11.2. The second-order valence-corrected chi connectivity index (χ2v) is 5.90. The molecule has 110 valence electrons. The van der Waals surface area contributed by atoms with E-state index in [1.54, 1.807) is 19.2 Å². The lowest BCUT2D eigenvalue weighted by Crippen LogP contribution is -1.98. The first kappa shape index (κ1) is 16.0. The zero-order chi connectivity index (χ0) is 15.2. The smallest absolute Gasteiger partial charge is 0.150 e. The number of halogens is 2. The van der Waals surface area contributed by atoms with Crippen molar-refractivity contribution in [2.75, 3.05) is 19.0 Å². The van der Waals surface area contributed by atoms with Crippen molar-refractivity contribution in [3.05, 3.63) is 46.4 Å². The van der Waals surface area contributed by atoms with Gasteiger partial charge in [-0.15, -0.1) is 0 Å². The Kier molecular flexibility index (Phi) is 5.82. The summed E-state index contributed by atoms with van der Waals surface area (Å²) in [6.07, 6.45) is 0.845. The van der Waals surface area contributed by atoms with Crippen LogP contribution < -0.4 is 9.47 Å². The van der Waals surface area contributed by atoms with Gasteiger partial charge in [0.25, 0.3) is 0 Å². The Bertz CT molecular complexity index is 641. The summed E-state index contributed by atoms with van der Waals surface area (Å²) < 4.78 is 11.7. The van der Waals surface area contributed by atoms with Crippen molar-refractivity contribution in [1.82, 2.24) is 0 Å². The van der Waals surface area contributed by atoms with Crippen molar-refractivity contribution in [3.8, 4) is 22.6 Å². The normalized spacial score (nSPS) is 10.2. The lowest BCUT2D eigenvalue weighted by Gasteiger charge is -2.11. The molecule has 0 atom stereocenters. The molecule has 0 heterocycles. The van der Waals surface area contributed by atoms with Crippen LogP contribution in [0.1, 0.15) is 10.4 Å². The average molecular weight is 414 g/mol. The molecule has 0 aliphatic rings. The van der Waals surface area contributed by atoms with Crippen molar-refractivity contribution in [3.63, 3.8) is 0 Å². The lowest BCUT2D eigenvalue weighted by molar-refractivity contribution is 0.112. The number of hydrogen-bond donors (Lipinski definition) is 0. The van der Waals surface area contributed by atoms with Crippen molar-refractivity contribution >= 4 is 38.1 Å².